The molecule has 0 fully saturated rings. The van der Waals surface area contributed by atoms with E-state index in [1.54, 1.807) is 6.07 Å². The number of nitrogens with zero attached hydrogens (tertiary/aromatic N) is 2. The fourth-order valence-corrected chi connectivity index (χ4v) is 2.35. The molecule has 0 aliphatic carbocycles. The highest BCUT2D eigenvalue weighted by Gasteiger charge is 2.08. The number of rotatable bonds is 4. The summed E-state index contributed by atoms with van der Waals surface area (Å²) in [5, 5.41) is 3.23. The lowest BCUT2D eigenvalue weighted by molar-refractivity contribution is 0.506. The molecule has 0 bridgehead atoms. The first-order valence-electron chi connectivity index (χ1n) is 6.72. The van der Waals surface area contributed by atoms with E-state index in [4.69, 9.17) is 0 Å². The molecule has 1 N–H and O–H groups in total. The van der Waals surface area contributed by atoms with Gasteiger partial charge in [0.2, 0.25) is 0 Å². The van der Waals surface area contributed by atoms with Crippen molar-refractivity contribution in [3.8, 4) is 0 Å². The van der Waals surface area contributed by atoms with Crippen LogP contribution in [0, 0.1) is 18.6 Å². The maximum Gasteiger partial charge on any atom is 0.159 e. The Morgan fingerprint density at radius 2 is 1.95 bits per heavy atom. The molecule has 0 saturated heterocycles. The SMILES string of the molecule is Cc1nc2ccccn2c1CNCc1ccc(F)c(F)c1. The van der Waals surface area contributed by atoms with Crippen molar-refractivity contribution >= 4 is 5.65 Å². The highest BCUT2D eigenvalue weighted by Crippen LogP contribution is 2.12. The topological polar surface area (TPSA) is 29.3 Å². The molecule has 0 amide bonds. The zero-order chi connectivity index (χ0) is 14.8. The second-order valence-corrected chi connectivity index (χ2v) is 4.92. The summed E-state index contributed by atoms with van der Waals surface area (Å²) in [5.74, 6) is -1.64. The van der Waals surface area contributed by atoms with Gasteiger partial charge in [-0.1, -0.05) is 12.1 Å². The Bertz CT molecular complexity index is 780. The van der Waals surface area contributed by atoms with Crippen molar-refractivity contribution in [2.45, 2.75) is 20.0 Å². The molecule has 3 aromatic rings. The number of halogens is 2. The highest BCUT2D eigenvalue weighted by atomic mass is 19.2. The van der Waals surface area contributed by atoms with Crippen LogP contribution in [0.25, 0.3) is 5.65 Å². The number of hydrogen-bond acceptors (Lipinski definition) is 2. The average molecular weight is 287 g/mol. The van der Waals surface area contributed by atoms with E-state index in [2.05, 4.69) is 10.3 Å². The third-order valence-corrected chi connectivity index (χ3v) is 3.43. The van der Waals surface area contributed by atoms with E-state index in [0.29, 0.717) is 18.7 Å². The summed E-state index contributed by atoms with van der Waals surface area (Å²) < 4.78 is 28.0. The van der Waals surface area contributed by atoms with Crippen LogP contribution in [-0.2, 0) is 13.1 Å². The molecule has 0 radical (unpaired) electrons. The third-order valence-electron chi connectivity index (χ3n) is 3.43. The molecule has 0 atom stereocenters. The second kappa shape index (κ2) is 5.61. The van der Waals surface area contributed by atoms with Crippen LogP contribution in [-0.4, -0.2) is 9.38 Å². The molecule has 21 heavy (non-hydrogen) atoms. The fraction of sp³-hybridized carbons (Fsp3) is 0.188. The molecule has 5 heteroatoms. The van der Waals surface area contributed by atoms with Gasteiger partial charge in [0, 0.05) is 19.3 Å². The van der Waals surface area contributed by atoms with E-state index < -0.39 is 11.6 Å². The third kappa shape index (κ3) is 2.78. The van der Waals surface area contributed by atoms with Gasteiger partial charge in [0.05, 0.1) is 11.4 Å². The Kier molecular flexibility index (Phi) is 3.66. The monoisotopic (exact) mass is 287 g/mol. The Balaban J connectivity index is 1.72. The van der Waals surface area contributed by atoms with Crippen LogP contribution in [0.3, 0.4) is 0 Å². The van der Waals surface area contributed by atoms with Gasteiger partial charge in [0.1, 0.15) is 5.65 Å². The Morgan fingerprint density at radius 1 is 1.10 bits per heavy atom. The Hall–Kier alpha value is -2.27. The van der Waals surface area contributed by atoms with Crippen LogP contribution < -0.4 is 5.32 Å². The lowest BCUT2D eigenvalue weighted by Crippen LogP contribution is -2.15. The van der Waals surface area contributed by atoms with Crippen LogP contribution in [0.5, 0.6) is 0 Å². The van der Waals surface area contributed by atoms with Gasteiger partial charge >= 0.3 is 0 Å². The number of hydrogen-bond donors (Lipinski definition) is 1. The average Bonchev–Trinajstić information content (AvgIpc) is 2.79. The molecule has 0 aliphatic heterocycles. The molecule has 3 nitrogen and oxygen atoms in total. The van der Waals surface area contributed by atoms with Crippen LogP contribution in [0.4, 0.5) is 8.78 Å². The molecular weight excluding hydrogens is 272 g/mol. The quantitative estimate of drug-likeness (QED) is 0.798. The largest absolute Gasteiger partial charge is 0.307 e. The summed E-state index contributed by atoms with van der Waals surface area (Å²) in [4.78, 5) is 4.48. The Morgan fingerprint density at radius 3 is 2.76 bits per heavy atom. The van der Waals surface area contributed by atoms with Crippen molar-refractivity contribution in [3.63, 3.8) is 0 Å². The lowest BCUT2D eigenvalue weighted by Gasteiger charge is -2.06. The van der Waals surface area contributed by atoms with Gasteiger partial charge in [-0.2, -0.15) is 0 Å². The lowest BCUT2D eigenvalue weighted by atomic mass is 10.2. The number of fused-ring (bicyclic) bond motifs is 1. The van der Waals surface area contributed by atoms with Gasteiger partial charge in [0.15, 0.2) is 11.6 Å². The van der Waals surface area contributed by atoms with E-state index in [0.717, 1.165) is 23.1 Å². The maximum absolute atomic E-state index is 13.1. The van der Waals surface area contributed by atoms with E-state index in [1.807, 2.05) is 35.7 Å². The zero-order valence-corrected chi connectivity index (χ0v) is 11.6. The number of nitrogens with one attached hydrogen (secondary N) is 1. The molecule has 0 saturated carbocycles. The molecule has 3 rings (SSSR count). The van der Waals surface area contributed by atoms with Gasteiger partial charge in [0.25, 0.3) is 0 Å². The molecule has 1 aromatic carbocycles. The minimum absolute atomic E-state index is 0.469. The van der Waals surface area contributed by atoms with E-state index in [9.17, 15) is 8.78 Å². The van der Waals surface area contributed by atoms with Crippen molar-refractivity contribution in [1.29, 1.82) is 0 Å². The molecule has 0 unspecified atom stereocenters. The van der Waals surface area contributed by atoms with Gasteiger partial charge in [-0.3, -0.25) is 0 Å². The molecule has 108 valence electrons. The summed E-state index contributed by atoms with van der Waals surface area (Å²) >= 11 is 0. The van der Waals surface area contributed by atoms with Crippen molar-refractivity contribution in [2.24, 2.45) is 0 Å². The molecule has 2 heterocycles. The van der Waals surface area contributed by atoms with Crippen molar-refractivity contribution in [3.05, 3.63) is 71.2 Å². The number of benzene rings is 1. The molecule has 0 spiro atoms. The van der Waals surface area contributed by atoms with Crippen molar-refractivity contribution in [2.75, 3.05) is 0 Å². The van der Waals surface area contributed by atoms with E-state index >= 15 is 0 Å². The number of imidazole rings is 1. The predicted octanol–water partition coefficient (Wildman–Crippen LogP) is 3.21. The summed E-state index contributed by atoms with van der Waals surface area (Å²) in [6, 6.07) is 9.78. The number of aromatic nitrogens is 2. The van der Waals surface area contributed by atoms with Crippen LogP contribution in [0.1, 0.15) is 17.0 Å². The number of pyridine rings is 1. The van der Waals surface area contributed by atoms with Gasteiger partial charge in [-0.05, 0) is 36.8 Å². The second-order valence-electron chi connectivity index (χ2n) is 4.92. The minimum Gasteiger partial charge on any atom is -0.307 e. The van der Waals surface area contributed by atoms with Gasteiger partial charge in [-0.15, -0.1) is 0 Å². The summed E-state index contributed by atoms with van der Waals surface area (Å²) in [6.07, 6.45) is 1.96. The first-order valence-corrected chi connectivity index (χ1v) is 6.72. The van der Waals surface area contributed by atoms with Crippen LogP contribution in [0.2, 0.25) is 0 Å². The van der Waals surface area contributed by atoms with E-state index in [1.165, 1.54) is 6.07 Å². The molecule has 0 aliphatic rings. The van der Waals surface area contributed by atoms with Crippen LogP contribution in [0.15, 0.2) is 42.6 Å². The highest BCUT2D eigenvalue weighted by molar-refractivity contribution is 5.42. The van der Waals surface area contributed by atoms with Crippen LogP contribution >= 0.6 is 0 Å². The molecule has 2 aromatic heterocycles. The Labute approximate surface area is 121 Å². The van der Waals surface area contributed by atoms with Gasteiger partial charge in [-0.25, -0.2) is 13.8 Å². The smallest absolute Gasteiger partial charge is 0.159 e. The van der Waals surface area contributed by atoms with Crippen molar-refractivity contribution in [1.82, 2.24) is 14.7 Å². The maximum atomic E-state index is 13.1. The van der Waals surface area contributed by atoms with E-state index in [-0.39, 0.29) is 0 Å². The minimum atomic E-state index is -0.823. The first kappa shape index (κ1) is 13.7. The predicted molar refractivity (Wildman–Crippen MR) is 76.8 cm³/mol. The number of aryl methyl sites for hydroxylation is 1. The normalized spacial score (nSPS) is 11.2. The summed E-state index contributed by atoms with van der Waals surface area (Å²) in [7, 11) is 0. The first-order chi connectivity index (χ1) is 10.1. The standard InChI is InChI=1S/C16H15F2N3/c1-11-15(21-7-3-2-4-16(21)20-11)10-19-9-12-5-6-13(17)14(18)8-12/h2-8,19H,9-10H2,1H3. The summed E-state index contributed by atoms with van der Waals surface area (Å²) in [5.41, 5.74) is 3.63. The zero-order valence-electron chi connectivity index (χ0n) is 11.6. The van der Waals surface area contributed by atoms with Gasteiger partial charge < -0.3 is 9.72 Å². The summed E-state index contributed by atoms with van der Waals surface area (Å²) in [6.45, 7) is 3.04. The fourth-order valence-electron chi connectivity index (χ4n) is 2.35. The molecular formula is C16H15F2N3. The van der Waals surface area contributed by atoms with Crippen molar-refractivity contribution < 1.29 is 8.78 Å².